The summed E-state index contributed by atoms with van der Waals surface area (Å²) < 4.78 is 5.69. The summed E-state index contributed by atoms with van der Waals surface area (Å²) in [6.07, 6.45) is 5.28. The molecule has 0 aliphatic carbocycles. The molecule has 0 unspecified atom stereocenters. The maximum Gasteiger partial charge on any atom is 0.335 e. The number of hydrogen-bond acceptors (Lipinski definition) is 4. The van der Waals surface area contributed by atoms with Gasteiger partial charge in [-0.3, -0.25) is 4.79 Å². The minimum atomic E-state index is -0.931. The lowest BCUT2D eigenvalue weighted by Crippen LogP contribution is -2.44. The average Bonchev–Trinajstić information content (AvgIpc) is 3.20. The highest BCUT2D eigenvalue weighted by molar-refractivity contribution is 5.87. The average molecular weight is 360 g/mol. The zero-order valence-corrected chi connectivity index (χ0v) is 15.2. The van der Waals surface area contributed by atoms with Gasteiger partial charge in [0.15, 0.2) is 0 Å². The molecule has 142 valence electrons. The molecule has 1 aromatic carbocycles. The number of carbonyl (C=O) groups excluding carboxylic acids is 1. The van der Waals surface area contributed by atoms with Gasteiger partial charge in [0.05, 0.1) is 18.1 Å². The summed E-state index contributed by atoms with van der Waals surface area (Å²) in [5.41, 5.74) is 0.263. The van der Waals surface area contributed by atoms with Gasteiger partial charge in [-0.2, -0.15) is 0 Å². The fourth-order valence-electron chi connectivity index (χ4n) is 3.83. The van der Waals surface area contributed by atoms with Crippen LogP contribution in [0.15, 0.2) is 24.3 Å². The second-order valence-corrected chi connectivity index (χ2v) is 7.20. The standard InChI is InChI=1S/C20H28N2O4/c23-19(22-12-1-2-13-22)17-5-3-10-21(15-17)11-4-14-26-18-8-6-16(7-9-18)20(24)25/h6-9,17H,1-5,10-15H2,(H,24,25)/t17-/m0/s1. The van der Waals surface area contributed by atoms with E-state index < -0.39 is 5.97 Å². The third-order valence-electron chi connectivity index (χ3n) is 5.26. The molecule has 0 bridgehead atoms. The first-order valence-corrected chi connectivity index (χ1v) is 9.61. The lowest BCUT2D eigenvalue weighted by atomic mass is 9.96. The van der Waals surface area contributed by atoms with Crippen LogP contribution in [0.3, 0.4) is 0 Å². The summed E-state index contributed by atoms with van der Waals surface area (Å²) in [4.78, 5) is 27.8. The Hall–Kier alpha value is -2.08. The Bertz CT molecular complexity index is 611. The summed E-state index contributed by atoms with van der Waals surface area (Å²) in [6, 6.07) is 6.48. The highest BCUT2D eigenvalue weighted by atomic mass is 16.5. The van der Waals surface area contributed by atoms with Crippen LogP contribution in [0.25, 0.3) is 0 Å². The number of hydrogen-bond donors (Lipinski definition) is 1. The molecule has 6 heteroatoms. The monoisotopic (exact) mass is 360 g/mol. The normalized spacial score (nSPS) is 20.9. The molecule has 2 saturated heterocycles. The molecule has 1 aromatic rings. The molecule has 2 aliphatic heterocycles. The Balaban J connectivity index is 1.37. The first-order chi connectivity index (χ1) is 12.6. The van der Waals surface area contributed by atoms with Crippen LogP contribution < -0.4 is 4.74 Å². The van der Waals surface area contributed by atoms with Gasteiger partial charge in [0, 0.05) is 26.2 Å². The minimum absolute atomic E-state index is 0.159. The van der Waals surface area contributed by atoms with E-state index in [9.17, 15) is 9.59 Å². The highest BCUT2D eigenvalue weighted by Gasteiger charge is 2.30. The van der Waals surface area contributed by atoms with E-state index in [2.05, 4.69) is 4.90 Å². The molecule has 1 amide bonds. The van der Waals surface area contributed by atoms with Gasteiger partial charge >= 0.3 is 5.97 Å². The van der Waals surface area contributed by atoms with Crippen LogP contribution >= 0.6 is 0 Å². The molecule has 0 saturated carbocycles. The van der Waals surface area contributed by atoms with Crippen LogP contribution in [0.2, 0.25) is 0 Å². The second kappa shape index (κ2) is 9.03. The molecule has 26 heavy (non-hydrogen) atoms. The largest absolute Gasteiger partial charge is 0.494 e. The van der Waals surface area contributed by atoms with Crippen molar-refractivity contribution >= 4 is 11.9 Å². The number of nitrogens with zero attached hydrogens (tertiary/aromatic N) is 2. The molecule has 6 nitrogen and oxygen atoms in total. The highest BCUT2D eigenvalue weighted by Crippen LogP contribution is 2.21. The van der Waals surface area contributed by atoms with E-state index in [1.165, 1.54) is 0 Å². The van der Waals surface area contributed by atoms with Gasteiger partial charge < -0.3 is 19.6 Å². The van der Waals surface area contributed by atoms with Crippen LogP contribution in [-0.2, 0) is 4.79 Å². The van der Waals surface area contributed by atoms with Crippen LogP contribution in [-0.4, -0.2) is 66.1 Å². The SMILES string of the molecule is O=C(O)c1ccc(OCCCN2CCC[C@H](C(=O)N3CCCC3)C2)cc1. The second-order valence-electron chi connectivity index (χ2n) is 7.20. The van der Waals surface area contributed by atoms with E-state index in [0.717, 1.165) is 64.8 Å². The summed E-state index contributed by atoms with van der Waals surface area (Å²) in [5.74, 6) is 0.267. The molecule has 0 aromatic heterocycles. The van der Waals surface area contributed by atoms with Gasteiger partial charge in [0.1, 0.15) is 5.75 Å². The van der Waals surface area contributed by atoms with Crippen LogP contribution in [0.1, 0.15) is 42.5 Å². The fourth-order valence-corrected chi connectivity index (χ4v) is 3.83. The zero-order valence-electron chi connectivity index (χ0n) is 15.2. The number of aromatic carboxylic acids is 1. The molecule has 2 heterocycles. The quantitative estimate of drug-likeness (QED) is 0.757. The van der Waals surface area contributed by atoms with E-state index in [0.29, 0.717) is 18.3 Å². The van der Waals surface area contributed by atoms with Crippen molar-refractivity contribution in [2.24, 2.45) is 5.92 Å². The van der Waals surface area contributed by atoms with Gasteiger partial charge in [-0.05, 0) is 62.9 Å². The first kappa shape index (κ1) is 18.7. The van der Waals surface area contributed by atoms with Crippen molar-refractivity contribution in [2.45, 2.75) is 32.1 Å². The smallest absolute Gasteiger partial charge is 0.335 e. The van der Waals surface area contributed by atoms with E-state index in [1.807, 2.05) is 4.90 Å². The van der Waals surface area contributed by atoms with Crippen molar-refractivity contribution in [2.75, 3.05) is 39.3 Å². The molecule has 1 N–H and O–H groups in total. The number of ether oxygens (including phenoxy) is 1. The van der Waals surface area contributed by atoms with Crippen molar-refractivity contribution < 1.29 is 19.4 Å². The van der Waals surface area contributed by atoms with E-state index in [4.69, 9.17) is 9.84 Å². The van der Waals surface area contributed by atoms with Gasteiger partial charge in [-0.1, -0.05) is 0 Å². The summed E-state index contributed by atoms with van der Waals surface area (Å²) in [5, 5.41) is 8.89. The summed E-state index contributed by atoms with van der Waals surface area (Å²) >= 11 is 0. The van der Waals surface area contributed by atoms with Gasteiger partial charge in [-0.25, -0.2) is 4.79 Å². The van der Waals surface area contributed by atoms with E-state index in [-0.39, 0.29) is 11.5 Å². The van der Waals surface area contributed by atoms with Crippen molar-refractivity contribution in [3.05, 3.63) is 29.8 Å². The van der Waals surface area contributed by atoms with E-state index in [1.54, 1.807) is 24.3 Å². The lowest BCUT2D eigenvalue weighted by molar-refractivity contribution is -0.136. The predicted octanol–water partition coefficient (Wildman–Crippen LogP) is 2.49. The number of benzene rings is 1. The molecular weight excluding hydrogens is 332 g/mol. The maximum absolute atomic E-state index is 12.6. The number of likely N-dealkylation sites (tertiary alicyclic amines) is 2. The Morgan fingerprint density at radius 2 is 1.81 bits per heavy atom. The van der Waals surface area contributed by atoms with Crippen molar-refractivity contribution in [3.63, 3.8) is 0 Å². The number of carboxylic acid groups (broad SMARTS) is 1. The predicted molar refractivity (Wildman–Crippen MR) is 98.5 cm³/mol. The number of carboxylic acids is 1. The van der Waals surface area contributed by atoms with Crippen molar-refractivity contribution in [1.82, 2.24) is 9.80 Å². The number of carbonyl (C=O) groups is 2. The first-order valence-electron chi connectivity index (χ1n) is 9.61. The van der Waals surface area contributed by atoms with Crippen molar-refractivity contribution in [3.8, 4) is 5.75 Å². The molecule has 0 spiro atoms. The van der Waals surface area contributed by atoms with Gasteiger partial charge in [-0.15, -0.1) is 0 Å². The lowest BCUT2D eigenvalue weighted by Gasteiger charge is -2.33. The minimum Gasteiger partial charge on any atom is -0.494 e. The molecule has 0 radical (unpaired) electrons. The van der Waals surface area contributed by atoms with Gasteiger partial charge in [0.2, 0.25) is 5.91 Å². The Morgan fingerprint density at radius 1 is 1.08 bits per heavy atom. The Morgan fingerprint density at radius 3 is 2.50 bits per heavy atom. The third kappa shape index (κ3) is 4.97. The molecule has 3 rings (SSSR count). The Kier molecular flexibility index (Phi) is 6.50. The van der Waals surface area contributed by atoms with Crippen LogP contribution in [0, 0.1) is 5.92 Å². The molecule has 1 atom stereocenters. The summed E-state index contributed by atoms with van der Waals surface area (Å²) in [6.45, 7) is 5.30. The molecule has 2 fully saturated rings. The topological polar surface area (TPSA) is 70.1 Å². The van der Waals surface area contributed by atoms with Gasteiger partial charge in [0.25, 0.3) is 0 Å². The number of rotatable bonds is 7. The number of amides is 1. The Labute approximate surface area is 154 Å². The number of piperidine rings is 1. The van der Waals surface area contributed by atoms with Crippen LogP contribution in [0.5, 0.6) is 5.75 Å². The fraction of sp³-hybridized carbons (Fsp3) is 0.600. The third-order valence-corrected chi connectivity index (χ3v) is 5.26. The zero-order chi connectivity index (χ0) is 18.4. The van der Waals surface area contributed by atoms with E-state index >= 15 is 0 Å². The van der Waals surface area contributed by atoms with Crippen LogP contribution in [0.4, 0.5) is 0 Å². The summed E-state index contributed by atoms with van der Waals surface area (Å²) in [7, 11) is 0. The molecule has 2 aliphatic rings. The molecular formula is C20H28N2O4. The van der Waals surface area contributed by atoms with Crippen molar-refractivity contribution in [1.29, 1.82) is 0 Å². The maximum atomic E-state index is 12.6.